The monoisotopic (exact) mass is 547 g/mol. The molecule has 2 aromatic rings. The van der Waals surface area contributed by atoms with Crippen LogP contribution in [0.5, 0.6) is 0 Å². The van der Waals surface area contributed by atoms with Gasteiger partial charge in [0, 0.05) is 30.6 Å². The zero-order valence-electron chi connectivity index (χ0n) is 21.7. The molecule has 1 unspecified atom stereocenters. The van der Waals surface area contributed by atoms with E-state index in [1.807, 2.05) is 42.8 Å². The van der Waals surface area contributed by atoms with E-state index in [1.165, 1.54) is 29.8 Å². The van der Waals surface area contributed by atoms with E-state index in [9.17, 15) is 22.8 Å². The van der Waals surface area contributed by atoms with Crippen molar-refractivity contribution in [2.45, 2.75) is 57.9 Å². The molecule has 1 heterocycles. The number of sulfonamides is 1. The van der Waals surface area contributed by atoms with E-state index >= 15 is 0 Å². The molecule has 0 aromatic heterocycles. The molecular weight excluding hydrogens is 514 g/mol. The molecule has 2 N–H and O–H groups in total. The summed E-state index contributed by atoms with van der Waals surface area (Å²) in [5, 5.41) is 3.48. The van der Waals surface area contributed by atoms with E-state index in [0.717, 1.165) is 13.3 Å². The molecule has 1 saturated heterocycles. The van der Waals surface area contributed by atoms with Crippen LogP contribution in [0.25, 0.3) is 0 Å². The minimum absolute atomic E-state index is 0.0756. The molecule has 0 radical (unpaired) electrons. The summed E-state index contributed by atoms with van der Waals surface area (Å²) in [5.74, 6) is -1.41. The SMILES string of the molecule is CC(=O)NS(=O)(=O)c1cccc(C(=O)N[C@@H](C(=O)N2CCC(c3ccc(Cl)cc3)C(C)(C)C2)C(C)C)c1. The highest BCUT2D eigenvalue weighted by molar-refractivity contribution is 7.90. The average molecular weight is 548 g/mol. The molecule has 0 aliphatic carbocycles. The van der Waals surface area contributed by atoms with Gasteiger partial charge >= 0.3 is 0 Å². The van der Waals surface area contributed by atoms with Crippen LogP contribution < -0.4 is 10.0 Å². The van der Waals surface area contributed by atoms with E-state index in [-0.39, 0.29) is 33.6 Å². The maximum absolute atomic E-state index is 13.6. The quantitative estimate of drug-likeness (QED) is 0.545. The molecule has 0 bridgehead atoms. The topological polar surface area (TPSA) is 113 Å². The first-order chi connectivity index (χ1) is 17.2. The fourth-order valence-corrected chi connectivity index (χ4v) is 6.01. The second-order valence-corrected chi connectivity index (χ2v) is 12.6. The van der Waals surface area contributed by atoms with E-state index < -0.39 is 27.9 Å². The summed E-state index contributed by atoms with van der Waals surface area (Å²) < 4.78 is 26.6. The number of carbonyl (C=O) groups excluding carboxylic acids is 3. The summed E-state index contributed by atoms with van der Waals surface area (Å²) in [4.78, 5) is 39.5. The van der Waals surface area contributed by atoms with Gasteiger partial charge in [0.05, 0.1) is 4.90 Å². The Morgan fingerprint density at radius 3 is 2.30 bits per heavy atom. The van der Waals surface area contributed by atoms with Crippen molar-refractivity contribution in [2.75, 3.05) is 13.1 Å². The Bertz CT molecular complexity index is 1280. The highest BCUT2D eigenvalue weighted by Gasteiger charge is 2.40. The predicted octanol–water partition coefficient (Wildman–Crippen LogP) is 3.96. The number of halogens is 1. The summed E-state index contributed by atoms with van der Waals surface area (Å²) in [6.45, 7) is 10.2. The van der Waals surface area contributed by atoms with Crippen LogP contribution in [0, 0.1) is 11.3 Å². The lowest BCUT2D eigenvalue weighted by Crippen LogP contribution is -2.55. The average Bonchev–Trinajstić information content (AvgIpc) is 2.81. The third kappa shape index (κ3) is 6.90. The first kappa shape index (κ1) is 28.7. The molecule has 0 spiro atoms. The van der Waals surface area contributed by atoms with Crippen LogP contribution in [0.15, 0.2) is 53.4 Å². The number of hydrogen-bond acceptors (Lipinski definition) is 5. The Labute approximate surface area is 223 Å². The van der Waals surface area contributed by atoms with E-state index in [2.05, 4.69) is 19.2 Å². The normalized spacial score (nSPS) is 18.2. The van der Waals surface area contributed by atoms with Gasteiger partial charge in [0.2, 0.25) is 11.8 Å². The lowest BCUT2D eigenvalue weighted by molar-refractivity contribution is -0.138. The van der Waals surface area contributed by atoms with E-state index in [1.54, 1.807) is 4.90 Å². The van der Waals surface area contributed by atoms with Crippen molar-refractivity contribution in [3.05, 3.63) is 64.7 Å². The number of benzene rings is 2. The Morgan fingerprint density at radius 2 is 1.73 bits per heavy atom. The number of amides is 3. The molecule has 1 aliphatic rings. The molecule has 37 heavy (non-hydrogen) atoms. The minimum Gasteiger partial charge on any atom is -0.340 e. The van der Waals surface area contributed by atoms with Gasteiger partial charge in [0.1, 0.15) is 6.04 Å². The lowest BCUT2D eigenvalue weighted by atomic mass is 9.70. The second-order valence-electron chi connectivity index (χ2n) is 10.5. The molecule has 1 fully saturated rings. The Morgan fingerprint density at radius 1 is 1.08 bits per heavy atom. The van der Waals surface area contributed by atoms with Gasteiger partial charge in [-0.1, -0.05) is 57.5 Å². The van der Waals surface area contributed by atoms with Gasteiger partial charge in [-0.2, -0.15) is 0 Å². The number of rotatable bonds is 7. The number of carbonyl (C=O) groups is 3. The molecule has 200 valence electrons. The predicted molar refractivity (Wildman–Crippen MR) is 143 cm³/mol. The molecule has 10 heteroatoms. The zero-order chi connectivity index (χ0) is 27.5. The van der Waals surface area contributed by atoms with Crippen molar-refractivity contribution < 1.29 is 22.8 Å². The van der Waals surface area contributed by atoms with Crippen LogP contribution in [-0.2, 0) is 19.6 Å². The van der Waals surface area contributed by atoms with Gasteiger partial charge in [-0.3, -0.25) is 14.4 Å². The first-order valence-electron chi connectivity index (χ1n) is 12.2. The Hall–Kier alpha value is -2.91. The van der Waals surface area contributed by atoms with Crippen LogP contribution in [0.4, 0.5) is 0 Å². The molecule has 8 nitrogen and oxygen atoms in total. The Balaban J connectivity index is 1.75. The van der Waals surface area contributed by atoms with Crippen LogP contribution in [0.2, 0.25) is 5.02 Å². The lowest BCUT2D eigenvalue weighted by Gasteiger charge is -2.45. The highest BCUT2D eigenvalue weighted by Crippen LogP contribution is 2.42. The minimum atomic E-state index is -4.10. The Kier molecular flexibility index (Phi) is 8.70. The number of hydrogen-bond donors (Lipinski definition) is 2. The molecule has 0 saturated carbocycles. The maximum Gasteiger partial charge on any atom is 0.264 e. The molecular formula is C27H34ClN3O5S. The van der Waals surface area contributed by atoms with Gasteiger partial charge < -0.3 is 10.2 Å². The van der Waals surface area contributed by atoms with Crippen molar-refractivity contribution in [3.8, 4) is 0 Å². The highest BCUT2D eigenvalue weighted by atomic mass is 35.5. The van der Waals surface area contributed by atoms with Crippen molar-refractivity contribution in [1.82, 2.24) is 14.9 Å². The summed E-state index contributed by atoms with van der Waals surface area (Å²) in [6.07, 6.45) is 0.780. The van der Waals surface area contributed by atoms with E-state index in [4.69, 9.17) is 11.6 Å². The third-order valence-electron chi connectivity index (χ3n) is 6.72. The summed E-state index contributed by atoms with van der Waals surface area (Å²) in [5.41, 5.74) is 1.07. The maximum atomic E-state index is 13.6. The van der Waals surface area contributed by atoms with Crippen molar-refractivity contribution in [1.29, 1.82) is 0 Å². The summed E-state index contributed by atoms with van der Waals surface area (Å²) in [7, 11) is -4.10. The van der Waals surface area contributed by atoms with Gasteiger partial charge in [0.25, 0.3) is 15.9 Å². The van der Waals surface area contributed by atoms with Gasteiger partial charge in [-0.15, -0.1) is 0 Å². The number of likely N-dealkylation sites (tertiary alicyclic amines) is 1. The van der Waals surface area contributed by atoms with Crippen molar-refractivity contribution in [2.24, 2.45) is 11.3 Å². The van der Waals surface area contributed by atoms with Crippen LogP contribution >= 0.6 is 11.6 Å². The van der Waals surface area contributed by atoms with Crippen LogP contribution in [0.3, 0.4) is 0 Å². The summed E-state index contributed by atoms with van der Waals surface area (Å²) in [6, 6.07) is 12.4. The number of nitrogens with zero attached hydrogens (tertiary/aromatic N) is 1. The van der Waals surface area contributed by atoms with Gasteiger partial charge in [-0.25, -0.2) is 13.1 Å². The molecule has 3 rings (SSSR count). The molecule has 1 aliphatic heterocycles. The van der Waals surface area contributed by atoms with Crippen molar-refractivity contribution in [3.63, 3.8) is 0 Å². The molecule has 2 aromatic carbocycles. The zero-order valence-corrected chi connectivity index (χ0v) is 23.3. The molecule has 2 atom stereocenters. The molecule has 3 amide bonds. The summed E-state index contributed by atoms with van der Waals surface area (Å²) >= 11 is 6.05. The standard InChI is InChI=1S/C27H34ClN3O5S/c1-17(2)24(29-25(33)20-7-6-8-22(15-20)37(35,36)30-18(3)32)26(34)31-14-13-23(27(4,5)16-31)19-9-11-21(28)12-10-19/h6-12,15,17,23-24H,13-14,16H2,1-5H3,(H,29,33)(H,30,32)/t23?,24-/m1/s1. The first-order valence-corrected chi connectivity index (χ1v) is 14.1. The van der Waals surface area contributed by atoms with Gasteiger partial charge in [-0.05, 0) is 59.6 Å². The van der Waals surface area contributed by atoms with E-state index in [0.29, 0.717) is 18.1 Å². The van der Waals surface area contributed by atoms with Crippen LogP contribution in [-0.4, -0.2) is 50.2 Å². The fraction of sp³-hybridized carbons (Fsp3) is 0.444. The number of piperidine rings is 1. The largest absolute Gasteiger partial charge is 0.340 e. The third-order valence-corrected chi connectivity index (χ3v) is 8.40. The van der Waals surface area contributed by atoms with Crippen LogP contribution in [0.1, 0.15) is 62.9 Å². The van der Waals surface area contributed by atoms with Gasteiger partial charge in [0.15, 0.2) is 0 Å². The smallest absolute Gasteiger partial charge is 0.264 e. The fourth-order valence-electron chi connectivity index (χ4n) is 4.85. The van der Waals surface area contributed by atoms with Crippen molar-refractivity contribution >= 4 is 39.3 Å². The number of nitrogens with one attached hydrogen (secondary N) is 2. The second kappa shape index (κ2) is 11.2.